The van der Waals surface area contributed by atoms with Gasteiger partial charge < -0.3 is 14.8 Å². The minimum absolute atomic E-state index is 0.0248. The molecule has 28 heavy (non-hydrogen) atoms. The topological polar surface area (TPSA) is 79.5 Å². The van der Waals surface area contributed by atoms with Crippen molar-refractivity contribution in [3.05, 3.63) is 71.4 Å². The first-order valence-corrected chi connectivity index (χ1v) is 9.63. The molecule has 144 valence electrons. The number of carboxylic acids is 2. The van der Waals surface area contributed by atoms with Crippen LogP contribution in [0.3, 0.4) is 0 Å². The second kappa shape index (κ2) is 7.50. The lowest BCUT2D eigenvalue weighted by atomic mass is 9.77. The monoisotopic (exact) mass is 377 g/mol. The van der Waals surface area contributed by atoms with Gasteiger partial charge in [-0.25, -0.2) is 0 Å². The van der Waals surface area contributed by atoms with Crippen LogP contribution in [0.15, 0.2) is 54.6 Å². The van der Waals surface area contributed by atoms with Crippen LogP contribution in [0.2, 0.25) is 0 Å². The van der Waals surface area contributed by atoms with Gasteiger partial charge in [0, 0.05) is 22.5 Å². The van der Waals surface area contributed by atoms with Crippen LogP contribution < -0.4 is 0 Å². The van der Waals surface area contributed by atoms with Gasteiger partial charge in [-0.1, -0.05) is 48.5 Å². The van der Waals surface area contributed by atoms with Crippen molar-refractivity contribution in [1.29, 1.82) is 0 Å². The summed E-state index contributed by atoms with van der Waals surface area (Å²) in [5.74, 6) is -2.06. The van der Waals surface area contributed by atoms with E-state index in [9.17, 15) is 19.8 Å². The highest BCUT2D eigenvalue weighted by molar-refractivity contribution is 5.88. The van der Waals surface area contributed by atoms with Crippen LogP contribution in [0, 0.1) is 5.92 Å². The third-order valence-corrected chi connectivity index (χ3v) is 5.79. The van der Waals surface area contributed by atoms with E-state index in [-0.39, 0.29) is 12.5 Å². The molecule has 5 heteroatoms. The van der Waals surface area contributed by atoms with Crippen molar-refractivity contribution in [2.75, 3.05) is 0 Å². The summed E-state index contributed by atoms with van der Waals surface area (Å²) in [5, 5.41) is 20.1. The molecule has 2 atom stereocenters. The van der Waals surface area contributed by atoms with Crippen molar-refractivity contribution < 1.29 is 19.8 Å². The quantitative estimate of drug-likeness (QED) is 0.678. The highest BCUT2D eigenvalue weighted by atomic mass is 16.4. The Labute approximate surface area is 163 Å². The highest BCUT2D eigenvalue weighted by Crippen LogP contribution is 2.43. The van der Waals surface area contributed by atoms with E-state index in [1.807, 2.05) is 47.0 Å². The maximum Gasteiger partial charge on any atom is 0.323 e. The number of fused-ring (bicyclic) bond motifs is 3. The number of aryl methyl sites for hydroxylation is 1. The van der Waals surface area contributed by atoms with Gasteiger partial charge in [-0.15, -0.1) is 0 Å². The van der Waals surface area contributed by atoms with E-state index in [1.165, 1.54) is 5.56 Å². The maximum absolute atomic E-state index is 11.8. The molecule has 0 aliphatic heterocycles. The van der Waals surface area contributed by atoms with Crippen LogP contribution >= 0.6 is 0 Å². The fourth-order valence-corrected chi connectivity index (χ4v) is 4.59. The third-order valence-electron chi connectivity index (χ3n) is 5.79. The Morgan fingerprint density at radius 3 is 2.43 bits per heavy atom. The van der Waals surface area contributed by atoms with Gasteiger partial charge in [0.2, 0.25) is 0 Å². The number of benzene rings is 2. The number of carbonyl (C=O) groups is 2. The minimum atomic E-state index is -0.884. The van der Waals surface area contributed by atoms with E-state index in [0.29, 0.717) is 12.8 Å². The van der Waals surface area contributed by atoms with Crippen LogP contribution in [0.4, 0.5) is 0 Å². The van der Waals surface area contributed by atoms with Crippen LogP contribution in [-0.2, 0) is 29.0 Å². The van der Waals surface area contributed by atoms with E-state index >= 15 is 0 Å². The van der Waals surface area contributed by atoms with Crippen molar-refractivity contribution in [3.8, 4) is 0 Å². The van der Waals surface area contributed by atoms with Crippen molar-refractivity contribution in [3.63, 3.8) is 0 Å². The lowest BCUT2D eigenvalue weighted by Gasteiger charge is -2.29. The predicted octanol–water partition coefficient (Wildman–Crippen LogP) is 4.09. The first kappa shape index (κ1) is 18.3. The first-order chi connectivity index (χ1) is 13.5. The number of para-hydroxylation sites is 1. The number of carboxylic acid groups (broad SMARTS) is 2. The summed E-state index contributed by atoms with van der Waals surface area (Å²) in [6.45, 7) is -0.102. The van der Waals surface area contributed by atoms with Gasteiger partial charge >= 0.3 is 11.9 Å². The average Bonchev–Trinajstić information content (AvgIpc) is 3.00. The molecule has 0 spiro atoms. The molecule has 1 aromatic heterocycles. The molecule has 5 nitrogen and oxygen atoms in total. The highest BCUT2D eigenvalue weighted by Gasteiger charge is 2.35. The van der Waals surface area contributed by atoms with Gasteiger partial charge in [-0.2, -0.15) is 0 Å². The van der Waals surface area contributed by atoms with Crippen LogP contribution in [0.5, 0.6) is 0 Å². The standard InChI is InChI=1S/C23H23NO4/c25-21(26)14-24-20-9-5-4-8-18(20)19-13-17(23(27)28)12-16(22(19)24)11-10-15-6-2-1-3-7-15/h1-9,16-17H,10-14H2,(H,25,26)(H,27,28)/t16?,17-/m1/s1. The normalized spacial score (nSPS) is 18.7. The van der Waals surface area contributed by atoms with Gasteiger partial charge in [0.1, 0.15) is 6.54 Å². The zero-order valence-corrected chi connectivity index (χ0v) is 15.5. The van der Waals surface area contributed by atoms with Crippen molar-refractivity contribution >= 4 is 22.8 Å². The summed E-state index contributed by atoms with van der Waals surface area (Å²) < 4.78 is 1.89. The third kappa shape index (κ3) is 3.40. The minimum Gasteiger partial charge on any atom is -0.481 e. The van der Waals surface area contributed by atoms with E-state index in [0.717, 1.165) is 35.0 Å². The Bertz CT molecular complexity index is 1020. The molecule has 3 aromatic rings. The molecule has 2 aromatic carbocycles. The van der Waals surface area contributed by atoms with Gasteiger partial charge in [-0.05, 0) is 42.9 Å². The fourth-order valence-electron chi connectivity index (χ4n) is 4.59. The van der Waals surface area contributed by atoms with Crippen LogP contribution in [0.25, 0.3) is 10.9 Å². The molecule has 1 aliphatic carbocycles. The summed E-state index contributed by atoms with van der Waals surface area (Å²) in [6, 6.07) is 17.9. The second-order valence-corrected chi connectivity index (χ2v) is 7.56. The molecule has 1 aliphatic rings. The van der Waals surface area contributed by atoms with Crippen molar-refractivity contribution in [2.45, 2.75) is 38.1 Å². The maximum atomic E-state index is 11.8. The summed E-state index contributed by atoms with van der Waals surface area (Å²) in [5.41, 5.74) is 4.11. The molecule has 1 unspecified atom stereocenters. The zero-order valence-electron chi connectivity index (χ0n) is 15.5. The van der Waals surface area contributed by atoms with Crippen LogP contribution in [-0.4, -0.2) is 26.7 Å². The lowest BCUT2D eigenvalue weighted by Crippen LogP contribution is -2.27. The molecular formula is C23H23NO4. The summed E-state index contributed by atoms with van der Waals surface area (Å²) in [6.07, 6.45) is 2.65. The molecule has 0 radical (unpaired) electrons. The number of hydrogen-bond donors (Lipinski definition) is 2. The summed E-state index contributed by atoms with van der Waals surface area (Å²) >= 11 is 0. The van der Waals surface area contributed by atoms with Gasteiger partial charge in [0.25, 0.3) is 0 Å². The van der Waals surface area contributed by atoms with Crippen LogP contribution in [0.1, 0.15) is 35.6 Å². The first-order valence-electron chi connectivity index (χ1n) is 9.63. The van der Waals surface area contributed by atoms with Gasteiger partial charge in [0.15, 0.2) is 0 Å². The van der Waals surface area contributed by atoms with E-state index in [4.69, 9.17) is 0 Å². The predicted molar refractivity (Wildman–Crippen MR) is 107 cm³/mol. The van der Waals surface area contributed by atoms with Gasteiger partial charge in [-0.3, -0.25) is 9.59 Å². The largest absolute Gasteiger partial charge is 0.481 e. The number of aromatic nitrogens is 1. The SMILES string of the molecule is O=C(O)Cn1c2c(c3ccccc31)C[C@H](C(=O)O)CC2CCc1ccccc1. The smallest absolute Gasteiger partial charge is 0.323 e. The van der Waals surface area contributed by atoms with Gasteiger partial charge in [0.05, 0.1) is 5.92 Å². The fraction of sp³-hybridized carbons (Fsp3) is 0.304. The number of aliphatic carboxylic acids is 2. The van der Waals surface area contributed by atoms with Crippen molar-refractivity contribution in [1.82, 2.24) is 4.57 Å². The molecule has 0 amide bonds. The molecule has 0 fully saturated rings. The number of nitrogens with zero attached hydrogens (tertiary/aromatic N) is 1. The molecule has 0 bridgehead atoms. The zero-order chi connectivity index (χ0) is 19.7. The average molecular weight is 377 g/mol. The Balaban J connectivity index is 1.79. The Hall–Kier alpha value is -3.08. The Morgan fingerprint density at radius 2 is 1.71 bits per heavy atom. The van der Waals surface area contributed by atoms with E-state index < -0.39 is 17.9 Å². The Kier molecular flexibility index (Phi) is 4.90. The molecule has 0 saturated heterocycles. The molecule has 0 saturated carbocycles. The molecule has 1 heterocycles. The lowest BCUT2D eigenvalue weighted by molar-refractivity contribution is -0.142. The number of hydrogen-bond acceptors (Lipinski definition) is 2. The van der Waals surface area contributed by atoms with E-state index in [2.05, 4.69) is 12.1 Å². The Morgan fingerprint density at radius 1 is 1.00 bits per heavy atom. The number of rotatable bonds is 6. The summed E-state index contributed by atoms with van der Waals surface area (Å²) in [4.78, 5) is 23.3. The van der Waals surface area contributed by atoms with E-state index in [1.54, 1.807) is 0 Å². The second-order valence-electron chi connectivity index (χ2n) is 7.56. The molecule has 4 rings (SSSR count). The molecular weight excluding hydrogens is 354 g/mol. The molecule has 2 N–H and O–H groups in total. The summed E-state index contributed by atoms with van der Waals surface area (Å²) in [7, 11) is 0. The van der Waals surface area contributed by atoms with Crippen molar-refractivity contribution in [2.24, 2.45) is 5.92 Å².